The summed E-state index contributed by atoms with van der Waals surface area (Å²) in [5.74, 6) is 0.685. The predicted molar refractivity (Wildman–Crippen MR) is 112 cm³/mol. The van der Waals surface area contributed by atoms with Crippen molar-refractivity contribution in [3.8, 4) is 0 Å². The van der Waals surface area contributed by atoms with Crippen LogP contribution in [0.5, 0.6) is 0 Å². The number of carbonyl (C=O) groups is 1. The zero-order valence-electron chi connectivity index (χ0n) is 17.1. The number of amides is 1. The molecule has 0 saturated carbocycles. The first-order valence-corrected chi connectivity index (χ1v) is 9.85. The van der Waals surface area contributed by atoms with Gasteiger partial charge in [-0.05, 0) is 49.9 Å². The smallest absolute Gasteiger partial charge is 0.251 e. The van der Waals surface area contributed by atoms with E-state index in [9.17, 15) is 4.79 Å². The van der Waals surface area contributed by atoms with Gasteiger partial charge in [0.2, 0.25) is 0 Å². The van der Waals surface area contributed by atoms with Crippen LogP contribution in [0.4, 0.5) is 0 Å². The van der Waals surface area contributed by atoms with E-state index in [1.807, 2.05) is 24.3 Å². The minimum atomic E-state index is -0.0804. The van der Waals surface area contributed by atoms with Crippen molar-refractivity contribution in [2.45, 2.75) is 51.7 Å². The van der Waals surface area contributed by atoms with Gasteiger partial charge < -0.3 is 16.0 Å². The SMILES string of the molecule is CN=C(NCc1cccc(C(=O)NC)c1)NC1CCc2cn(C(C)C)nc2C1. The van der Waals surface area contributed by atoms with Gasteiger partial charge in [-0.1, -0.05) is 12.1 Å². The quantitative estimate of drug-likeness (QED) is 0.546. The van der Waals surface area contributed by atoms with Crippen LogP contribution in [0, 0.1) is 0 Å². The summed E-state index contributed by atoms with van der Waals surface area (Å²) in [5.41, 5.74) is 4.24. The number of aryl methyl sites for hydroxylation is 1. The minimum Gasteiger partial charge on any atom is -0.355 e. The number of aromatic nitrogens is 2. The van der Waals surface area contributed by atoms with Crippen molar-refractivity contribution in [3.63, 3.8) is 0 Å². The molecule has 1 aromatic carbocycles. The molecule has 1 amide bonds. The van der Waals surface area contributed by atoms with E-state index >= 15 is 0 Å². The van der Waals surface area contributed by atoms with Gasteiger partial charge in [-0.25, -0.2) is 0 Å². The van der Waals surface area contributed by atoms with Crippen LogP contribution < -0.4 is 16.0 Å². The molecule has 150 valence electrons. The third-order valence-electron chi connectivity index (χ3n) is 5.07. The molecule has 0 radical (unpaired) electrons. The second-order valence-electron chi connectivity index (χ2n) is 7.46. The number of aliphatic imine (C=N–C) groups is 1. The van der Waals surface area contributed by atoms with Crippen molar-refractivity contribution in [2.24, 2.45) is 4.99 Å². The molecule has 0 bridgehead atoms. The van der Waals surface area contributed by atoms with Gasteiger partial charge in [-0.3, -0.25) is 14.5 Å². The van der Waals surface area contributed by atoms with Crippen LogP contribution in [0.2, 0.25) is 0 Å². The summed E-state index contributed by atoms with van der Waals surface area (Å²) in [5, 5.41) is 14.3. The summed E-state index contributed by atoms with van der Waals surface area (Å²) in [6.45, 7) is 4.91. The molecule has 1 atom stereocenters. The van der Waals surface area contributed by atoms with E-state index < -0.39 is 0 Å². The van der Waals surface area contributed by atoms with Gasteiger partial charge in [0.05, 0.1) is 5.69 Å². The number of nitrogens with one attached hydrogen (secondary N) is 3. The van der Waals surface area contributed by atoms with E-state index in [4.69, 9.17) is 5.10 Å². The maximum absolute atomic E-state index is 11.8. The highest BCUT2D eigenvalue weighted by atomic mass is 16.1. The Kier molecular flexibility index (Phi) is 6.34. The molecule has 0 aliphatic heterocycles. The molecule has 28 heavy (non-hydrogen) atoms. The summed E-state index contributed by atoms with van der Waals surface area (Å²) in [4.78, 5) is 16.1. The molecule has 1 aliphatic rings. The topological polar surface area (TPSA) is 83.3 Å². The van der Waals surface area contributed by atoms with Crippen molar-refractivity contribution >= 4 is 11.9 Å². The lowest BCUT2D eigenvalue weighted by Gasteiger charge is -2.24. The van der Waals surface area contributed by atoms with Crippen LogP contribution in [0.3, 0.4) is 0 Å². The molecule has 0 saturated heterocycles. The van der Waals surface area contributed by atoms with Gasteiger partial charge in [0.25, 0.3) is 5.91 Å². The first-order chi connectivity index (χ1) is 13.5. The van der Waals surface area contributed by atoms with E-state index in [0.29, 0.717) is 24.2 Å². The van der Waals surface area contributed by atoms with Gasteiger partial charge in [0.15, 0.2) is 5.96 Å². The molecule has 2 aromatic rings. The van der Waals surface area contributed by atoms with Gasteiger partial charge >= 0.3 is 0 Å². The maximum Gasteiger partial charge on any atom is 0.251 e. The first-order valence-electron chi connectivity index (χ1n) is 9.85. The average Bonchev–Trinajstić information content (AvgIpc) is 3.14. The van der Waals surface area contributed by atoms with Crippen LogP contribution in [0.15, 0.2) is 35.5 Å². The van der Waals surface area contributed by atoms with Crippen molar-refractivity contribution in [2.75, 3.05) is 14.1 Å². The van der Waals surface area contributed by atoms with E-state index in [1.165, 1.54) is 11.3 Å². The second-order valence-corrected chi connectivity index (χ2v) is 7.46. The molecule has 1 aliphatic carbocycles. The van der Waals surface area contributed by atoms with Gasteiger partial charge in [0.1, 0.15) is 0 Å². The first kappa shape index (κ1) is 19.9. The molecular formula is C21H30N6O. The fraction of sp³-hybridized carbons (Fsp3) is 0.476. The third kappa shape index (κ3) is 4.71. The highest BCUT2D eigenvalue weighted by Crippen LogP contribution is 2.21. The van der Waals surface area contributed by atoms with Crippen LogP contribution in [-0.4, -0.2) is 41.8 Å². The Morgan fingerprint density at radius 3 is 2.93 bits per heavy atom. The van der Waals surface area contributed by atoms with E-state index in [-0.39, 0.29) is 5.91 Å². The molecule has 1 aromatic heterocycles. The number of carbonyl (C=O) groups excluding carboxylic acids is 1. The van der Waals surface area contributed by atoms with E-state index in [1.54, 1.807) is 14.1 Å². The minimum absolute atomic E-state index is 0.0804. The summed E-state index contributed by atoms with van der Waals surface area (Å²) < 4.78 is 2.06. The van der Waals surface area contributed by atoms with Crippen molar-refractivity contribution in [1.82, 2.24) is 25.7 Å². The van der Waals surface area contributed by atoms with Crippen LogP contribution in [0.1, 0.15) is 53.5 Å². The lowest BCUT2D eigenvalue weighted by Crippen LogP contribution is -2.45. The van der Waals surface area contributed by atoms with Crippen LogP contribution >= 0.6 is 0 Å². The highest BCUT2D eigenvalue weighted by molar-refractivity contribution is 5.94. The number of guanidine groups is 1. The van der Waals surface area contributed by atoms with Crippen molar-refractivity contribution < 1.29 is 4.79 Å². The number of fused-ring (bicyclic) bond motifs is 1. The molecule has 1 heterocycles. The molecular weight excluding hydrogens is 352 g/mol. The molecule has 0 fully saturated rings. The fourth-order valence-corrected chi connectivity index (χ4v) is 3.44. The second kappa shape index (κ2) is 8.91. The number of hydrogen-bond acceptors (Lipinski definition) is 3. The van der Waals surface area contributed by atoms with Crippen LogP contribution in [-0.2, 0) is 19.4 Å². The van der Waals surface area contributed by atoms with Crippen molar-refractivity contribution in [1.29, 1.82) is 0 Å². The molecule has 7 nitrogen and oxygen atoms in total. The Hall–Kier alpha value is -2.83. The molecule has 1 unspecified atom stereocenters. The van der Waals surface area contributed by atoms with Gasteiger partial charge in [-0.2, -0.15) is 5.10 Å². The lowest BCUT2D eigenvalue weighted by molar-refractivity contribution is 0.0963. The lowest BCUT2D eigenvalue weighted by atomic mass is 9.94. The Morgan fingerprint density at radius 1 is 1.39 bits per heavy atom. The van der Waals surface area contributed by atoms with Crippen LogP contribution in [0.25, 0.3) is 0 Å². The van der Waals surface area contributed by atoms with Gasteiger partial charge in [-0.15, -0.1) is 0 Å². The normalized spacial score (nSPS) is 16.6. The Morgan fingerprint density at radius 2 is 2.21 bits per heavy atom. The fourth-order valence-electron chi connectivity index (χ4n) is 3.44. The highest BCUT2D eigenvalue weighted by Gasteiger charge is 2.23. The Labute approximate surface area is 166 Å². The maximum atomic E-state index is 11.8. The zero-order valence-corrected chi connectivity index (χ0v) is 17.1. The van der Waals surface area contributed by atoms with E-state index in [2.05, 4.69) is 45.7 Å². The third-order valence-corrected chi connectivity index (χ3v) is 5.07. The molecule has 7 heteroatoms. The summed E-state index contributed by atoms with van der Waals surface area (Å²) >= 11 is 0. The molecule has 3 rings (SSSR count). The number of nitrogens with zero attached hydrogens (tertiary/aromatic N) is 3. The molecule has 0 spiro atoms. The Bertz CT molecular complexity index is 854. The zero-order chi connectivity index (χ0) is 20.1. The summed E-state index contributed by atoms with van der Waals surface area (Å²) in [7, 11) is 3.41. The number of benzene rings is 1. The largest absolute Gasteiger partial charge is 0.355 e. The summed E-state index contributed by atoms with van der Waals surface area (Å²) in [6, 6.07) is 8.29. The standard InChI is InChI=1S/C21H30N6O/c1-14(2)27-13-17-8-9-18(11-19(17)26-27)25-21(23-4)24-12-15-6-5-7-16(10-15)20(28)22-3/h5-7,10,13-14,18H,8-9,11-12H2,1-4H3,(H,22,28)(H2,23,24,25). The summed E-state index contributed by atoms with van der Waals surface area (Å²) in [6.07, 6.45) is 5.18. The number of hydrogen-bond donors (Lipinski definition) is 3. The Balaban J connectivity index is 1.57. The van der Waals surface area contributed by atoms with E-state index in [0.717, 1.165) is 30.8 Å². The predicted octanol–water partition coefficient (Wildman–Crippen LogP) is 2.05. The van der Waals surface area contributed by atoms with Crippen molar-refractivity contribution in [3.05, 3.63) is 52.8 Å². The monoisotopic (exact) mass is 382 g/mol. The van der Waals surface area contributed by atoms with Gasteiger partial charge in [0, 0.05) is 50.9 Å². The molecule has 3 N–H and O–H groups in total. The number of rotatable bonds is 5. The average molecular weight is 383 g/mol.